The first-order valence-corrected chi connectivity index (χ1v) is 8.99. The molecule has 0 spiro atoms. The number of anilines is 1. The number of benzene rings is 1. The van der Waals surface area contributed by atoms with Crippen LogP contribution in [0.4, 0.5) is 5.69 Å². The first-order chi connectivity index (χ1) is 12.8. The van der Waals surface area contributed by atoms with Crippen LogP contribution < -0.4 is 15.4 Å². The SMILES string of the molecule is CC(C)CC(=O)N[C@@H](C(=O)Nc1ccc(Oc2cnccn2)cc1)C(C)C. The van der Waals surface area contributed by atoms with Gasteiger partial charge in [-0.1, -0.05) is 27.7 Å². The Bertz CT molecular complexity index is 746. The summed E-state index contributed by atoms with van der Waals surface area (Å²) in [6.45, 7) is 7.73. The Hall–Kier alpha value is -2.96. The van der Waals surface area contributed by atoms with Gasteiger partial charge >= 0.3 is 0 Å². The van der Waals surface area contributed by atoms with Gasteiger partial charge in [0.05, 0.1) is 6.20 Å². The highest BCUT2D eigenvalue weighted by atomic mass is 16.5. The molecule has 0 aliphatic carbocycles. The summed E-state index contributed by atoms with van der Waals surface area (Å²) in [5, 5.41) is 5.66. The van der Waals surface area contributed by atoms with Crippen LogP contribution in [0.25, 0.3) is 0 Å². The molecule has 0 radical (unpaired) electrons. The minimum Gasteiger partial charge on any atom is -0.438 e. The highest BCUT2D eigenvalue weighted by Gasteiger charge is 2.24. The Morgan fingerprint density at radius 1 is 1.07 bits per heavy atom. The third-order valence-corrected chi connectivity index (χ3v) is 3.74. The maximum Gasteiger partial charge on any atom is 0.247 e. The normalized spacial score (nSPS) is 11.9. The average molecular weight is 370 g/mol. The molecule has 1 aromatic carbocycles. The molecule has 2 amide bonds. The molecule has 7 heteroatoms. The van der Waals surface area contributed by atoms with Gasteiger partial charge in [-0.3, -0.25) is 14.6 Å². The van der Waals surface area contributed by atoms with E-state index in [1.165, 1.54) is 6.20 Å². The zero-order valence-electron chi connectivity index (χ0n) is 16.1. The monoisotopic (exact) mass is 370 g/mol. The number of aromatic nitrogens is 2. The van der Waals surface area contributed by atoms with Crippen LogP contribution in [0, 0.1) is 11.8 Å². The van der Waals surface area contributed by atoms with Crippen molar-refractivity contribution in [2.24, 2.45) is 11.8 Å². The Balaban J connectivity index is 1.97. The van der Waals surface area contributed by atoms with Gasteiger partial charge in [0.15, 0.2) is 0 Å². The van der Waals surface area contributed by atoms with Crippen LogP contribution in [0.15, 0.2) is 42.9 Å². The van der Waals surface area contributed by atoms with E-state index in [9.17, 15) is 9.59 Å². The highest BCUT2D eigenvalue weighted by Crippen LogP contribution is 2.21. The summed E-state index contributed by atoms with van der Waals surface area (Å²) in [5.41, 5.74) is 0.621. The summed E-state index contributed by atoms with van der Waals surface area (Å²) in [6, 6.07) is 6.33. The van der Waals surface area contributed by atoms with Gasteiger partial charge in [0, 0.05) is 24.5 Å². The molecule has 7 nitrogen and oxygen atoms in total. The zero-order valence-corrected chi connectivity index (χ0v) is 16.1. The van der Waals surface area contributed by atoms with Gasteiger partial charge in [-0.25, -0.2) is 4.98 Å². The summed E-state index contributed by atoms with van der Waals surface area (Å²) >= 11 is 0. The molecular weight excluding hydrogens is 344 g/mol. The Labute approximate surface area is 159 Å². The molecule has 0 fully saturated rings. The van der Waals surface area contributed by atoms with Gasteiger partial charge < -0.3 is 15.4 Å². The minimum absolute atomic E-state index is 0.0274. The second-order valence-electron chi connectivity index (χ2n) is 7.05. The molecule has 1 aromatic heterocycles. The van der Waals surface area contributed by atoms with Gasteiger partial charge in [0.1, 0.15) is 11.8 Å². The molecule has 2 aromatic rings. The number of rotatable bonds is 8. The lowest BCUT2D eigenvalue weighted by molar-refractivity contribution is -0.127. The first-order valence-electron chi connectivity index (χ1n) is 8.99. The summed E-state index contributed by atoms with van der Waals surface area (Å²) in [6.07, 6.45) is 5.02. The molecule has 0 saturated heterocycles. The second kappa shape index (κ2) is 9.66. The summed E-state index contributed by atoms with van der Waals surface area (Å²) < 4.78 is 5.57. The third kappa shape index (κ3) is 6.69. The van der Waals surface area contributed by atoms with Crippen molar-refractivity contribution >= 4 is 17.5 Å². The van der Waals surface area contributed by atoms with Crippen molar-refractivity contribution in [2.75, 3.05) is 5.32 Å². The molecule has 2 rings (SSSR count). The highest BCUT2D eigenvalue weighted by molar-refractivity contribution is 5.97. The van der Waals surface area contributed by atoms with Crippen LogP contribution >= 0.6 is 0 Å². The molecule has 0 saturated carbocycles. The zero-order chi connectivity index (χ0) is 19.8. The van der Waals surface area contributed by atoms with E-state index in [4.69, 9.17) is 4.74 Å². The van der Waals surface area contributed by atoms with Gasteiger partial charge in [-0.05, 0) is 36.1 Å². The number of hydrogen-bond donors (Lipinski definition) is 2. The predicted molar refractivity (Wildman–Crippen MR) is 103 cm³/mol. The fraction of sp³-hybridized carbons (Fsp3) is 0.400. The van der Waals surface area contributed by atoms with E-state index < -0.39 is 6.04 Å². The van der Waals surface area contributed by atoms with E-state index in [0.717, 1.165) is 0 Å². The molecular formula is C20H26N4O3. The van der Waals surface area contributed by atoms with Crippen molar-refractivity contribution in [3.8, 4) is 11.6 Å². The molecule has 1 atom stereocenters. The molecule has 27 heavy (non-hydrogen) atoms. The maximum absolute atomic E-state index is 12.6. The Morgan fingerprint density at radius 3 is 2.33 bits per heavy atom. The Kier molecular flexibility index (Phi) is 7.28. The average Bonchev–Trinajstić information content (AvgIpc) is 2.61. The van der Waals surface area contributed by atoms with E-state index in [1.54, 1.807) is 36.7 Å². The summed E-state index contributed by atoms with van der Waals surface area (Å²) in [7, 11) is 0. The molecule has 2 N–H and O–H groups in total. The molecule has 0 bridgehead atoms. The largest absolute Gasteiger partial charge is 0.438 e. The number of carbonyl (C=O) groups is 2. The number of nitrogens with zero attached hydrogens (tertiary/aromatic N) is 2. The quantitative estimate of drug-likeness (QED) is 0.743. The fourth-order valence-electron chi connectivity index (χ4n) is 2.42. The predicted octanol–water partition coefficient (Wildman–Crippen LogP) is 3.39. The van der Waals surface area contributed by atoms with Crippen LogP contribution in [0.2, 0.25) is 0 Å². The van der Waals surface area contributed by atoms with Gasteiger partial charge in [0.25, 0.3) is 0 Å². The van der Waals surface area contributed by atoms with E-state index in [0.29, 0.717) is 23.7 Å². The second-order valence-corrected chi connectivity index (χ2v) is 7.05. The van der Waals surface area contributed by atoms with Gasteiger partial charge in [-0.15, -0.1) is 0 Å². The standard InChI is InChI=1S/C20H26N4O3/c1-13(2)11-17(25)24-19(14(3)4)20(26)23-15-5-7-16(8-6-15)27-18-12-21-9-10-22-18/h5-10,12-14,19H,11H2,1-4H3,(H,23,26)(H,24,25)/t19-/m1/s1. The topological polar surface area (TPSA) is 93.2 Å². The van der Waals surface area contributed by atoms with Crippen LogP contribution in [-0.2, 0) is 9.59 Å². The van der Waals surface area contributed by atoms with Crippen LogP contribution in [0.5, 0.6) is 11.6 Å². The fourth-order valence-corrected chi connectivity index (χ4v) is 2.42. The van der Waals surface area contributed by atoms with Crippen molar-refractivity contribution in [1.29, 1.82) is 0 Å². The smallest absolute Gasteiger partial charge is 0.247 e. The van der Waals surface area contributed by atoms with E-state index in [1.807, 2.05) is 27.7 Å². The number of carbonyl (C=O) groups excluding carboxylic acids is 2. The van der Waals surface area contributed by atoms with Crippen LogP contribution in [-0.4, -0.2) is 27.8 Å². The maximum atomic E-state index is 12.6. The molecule has 0 aliphatic heterocycles. The number of amides is 2. The third-order valence-electron chi connectivity index (χ3n) is 3.74. The van der Waals surface area contributed by atoms with Gasteiger partial charge in [0.2, 0.25) is 17.7 Å². The van der Waals surface area contributed by atoms with E-state index >= 15 is 0 Å². The van der Waals surface area contributed by atoms with E-state index in [2.05, 4.69) is 20.6 Å². The molecule has 1 heterocycles. The number of nitrogens with one attached hydrogen (secondary N) is 2. The van der Waals surface area contributed by atoms with Crippen LogP contribution in [0.1, 0.15) is 34.1 Å². The van der Waals surface area contributed by atoms with Crippen molar-refractivity contribution in [2.45, 2.75) is 40.2 Å². The van der Waals surface area contributed by atoms with Crippen molar-refractivity contribution in [1.82, 2.24) is 15.3 Å². The van der Waals surface area contributed by atoms with Crippen molar-refractivity contribution in [3.63, 3.8) is 0 Å². The molecule has 0 aliphatic rings. The lowest BCUT2D eigenvalue weighted by Crippen LogP contribution is -2.47. The van der Waals surface area contributed by atoms with Gasteiger partial charge in [-0.2, -0.15) is 0 Å². The Morgan fingerprint density at radius 2 is 1.78 bits per heavy atom. The summed E-state index contributed by atoms with van der Waals surface area (Å²) in [4.78, 5) is 32.6. The van der Waals surface area contributed by atoms with Crippen LogP contribution in [0.3, 0.4) is 0 Å². The van der Waals surface area contributed by atoms with Crippen molar-refractivity contribution in [3.05, 3.63) is 42.9 Å². The number of hydrogen-bond acceptors (Lipinski definition) is 5. The molecule has 0 unspecified atom stereocenters. The van der Waals surface area contributed by atoms with Crippen molar-refractivity contribution < 1.29 is 14.3 Å². The number of ether oxygens (including phenoxy) is 1. The lowest BCUT2D eigenvalue weighted by Gasteiger charge is -2.22. The molecule has 144 valence electrons. The summed E-state index contributed by atoms with van der Waals surface area (Å²) in [5.74, 6) is 0.820. The minimum atomic E-state index is -0.591. The van der Waals surface area contributed by atoms with E-state index in [-0.39, 0.29) is 23.7 Å². The first kappa shape index (κ1) is 20.4. The lowest BCUT2D eigenvalue weighted by atomic mass is 10.0.